The SMILES string of the molecule is C=C(C)C.C=C(C)C(=O)OCCOCCOC#N.C=CC(=O)OCC(C)(COC)OC#N.C=CC=O.CC.CC.N#COc1ccc(OC=O)cc1. The van der Waals surface area contributed by atoms with E-state index in [-0.39, 0.29) is 33.0 Å². The van der Waals surface area contributed by atoms with E-state index < -0.39 is 17.5 Å². The lowest BCUT2D eigenvalue weighted by molar-refractivity contribution is -0.147. The van der Waals surface area contributed by atoms with Gasteiger partial charge in [-0.2, -0.15) is 10.5 Å². The Morgan fingerprint density at radius 2 is 1.31 bits per heavy atom. The van der Waals surface area contributed by atoms with Gasteiger partial charge in [-0.1, -0.05) is 53.0 Å². The topological polar surface area (TPSA) is 213 Å². The molecular weight excluding hydrogens is 678 g/mol. The summed E-state index contributed by atoms with van der Waals surface area (Å²) >= 11 is 0. The number of benzene rings is 1. The maximum absolute atomic E-state index is 10.8. The molecule has 0 radical (unpaired) electrons. The molecule has 0 fully saturated rings. The van der Waals surface area contributed by atoms with Crippen LogP contribution < -0.4 is 9.47 Å². The van der Waals surface area contributed by atoms with Crippen LogP contribution in [0, 0.1) is 34.6 Å². The third-order valence-electron chi connectivity index (χ3n) is 3.90. The van der Waals surface area contributed by atoms with Crippen LogP contribution in [0.1, 0.15) is 55.4 Å². The summed E-state index contributed by atoms with van der Waals surface area (Å²) in [6.07, 6.45) is 7.45. The molecule has 0 aromatic heterocycles. The number of hydrogen-bond donors (Lipinski definition) is 0. The number of methoxy groups -OCH3 is 1. The van der Waals surface area contributed by atoms with Crippen LogP contribution in [-0.4, -0.2) is 77.0 Å². The highest BCUT2D eigenvalue weighted by atomic mass is 16.6. The Hall–Kier alpha value is -5.95. The molecule has 0 heterocycles. The molecule has 0 aliphatic rings. The summed E-state index contributed by atoms with van der Waals surface area (Å²) in [4.78, 5) is 40.5. The first-order valence-corrected chi connectivity index (χ1v) is 15.5. The van der Waals surface area contributed by atoms with E-state index in [9.17, 15) is 14.4 Å². The number of ether oxygens (including phenoxy) is 8. The Bertz CT molecular complexity index is 1220. The van der Waals surface area contributed by atoms with Crippen molar-refractivity contribution >= 4 is 24.7 Å². The number of aldehydes is 1. The fourth-order valence-electron chi connectivity index (χ4n) is 2.06. The molecule has 1 unspecified atom stereocenters. The number of carbonyl (C=O) groups is 4. The molecule has 0 bridgehead atoms. The second-order valence-corrected chi connectivity index (χ2v) is 8.81. The Kier molecular flexibility index (Phi) is 52.9. The Morgan fingerprint density at radius 1 is 0.808 bits per heavy atom. The zero-order valence-electron chi connectivity index (χ0n) is 31.9. The summed E-state index contributed by atoms with van der Waals surface area (Å²) in [6.45, 7) is 29.9. The zero-order chi connectivity index (χ0) is 41.6. The molecule has 0 aliphatic heterocycles. The molecule has 0 aliphatic carbocycles. The van der Waals surface area contributed by atoms with Gasteiger partial charge in [0, 0.05) is 18.8 Å². The van der Waals surface area contributed by atoms with Gasteiger partial charge in [0.1, 0.15) is 37.6 Å². The maximum Gasteiger partial charge on any atom is 0.333 e. The lowest BCUT2D eigenvalue weighted by atomic mass is 10.1. The monoisotopic (exact) mass is 733 g/mol. The van der Waals surface area contributed by atoms with Crippen LogP contribution in [0.5, 0.6) is 11.5 Å². The summed E-state index contributed by atoms with van der Waals surface area (Å²) in [5.41, 5.74) is 0.583. The number of hydrogen-bond acceptors (Lipinski definition) is 15. The quantitative estimate of drug-likeness (QED) is 0.0427. The molecule has 0 spiro atoms. The van der Waals surface area contributed by atoms with Gasteiger partial charge >= 0.3 is 11.9 Å². The van der Waals surface area contributed by atoms with Crippen molar-refractivity contribution in [2.45, 2.75) is 61.0 Å². The van der Waals surface area contributed by atoms with E-state index in [1.54, 1.807) is 13.8 Å². The van der Waals surface area contributed by atoms with Crippen molar-refractivity contribution in [2.24, 2.45) is 0 Å². The summed E-state index contributed by atoms with van der Waals surface area (Å²) < 4.78 is 37.4. The number of nitriles is 3. The van der Waals surface area contributed by atoms with Crippen LogP contribution in [0.4, 0.5) is 0 Å². The van der Waals surface area contributed by atoms with Crippen LogP contribution in [0.15, 0.2) is 73.9 Å². The van der Waals surface area contributed by atoms with Crippen LogP contribution in [0.3, 0.4) is 0 Å². The maximum atomic E-state index is 10.8. The Labute approximate surface area is 309 Å². The van der Waals surface area contributed by atoms with Gasteiger partial charge in [-0.3, -0.25) is 9.59 Å². The van der Waals surface area contributed by atoms with Crippen LogP contribution in [0.25, 0.3) is 0 Å². The lowest BCUT2D eigenvalue weighted by Gasteiger charge is -2.24. The molecule has 15 nitrogen and oxygen atoms in total. The van der Waals surface area contributed by atoms with Crippen LogP contribution >= 0.6 is 0 Å². The fraction of sp³-hybridized carbons (Fsp3) is 0.432. The van der Waals surface area contributed by atoms with Crippen LogP contribution in [0.2, 0.25) is 0 Å². The molecule has 0 saturated heterocycles. The molecule has 0 amide bonds. The van der Waals surface area contributed by atoms with E-state index >= 15 is 0 Å². The molecular formula is C37H55N3O12. The summed E-state index contributed by atoms with van der Waals surface area (Å²) in [5.74, 6) is -0.165. The largest absolute Gasteiger partial charge is 0.460 e. The van der Waals surface area contributed by atoms with Gasteiger partial charge in [0.2, 0.25) is 0 Å². The van der Waals surface area contributed by atoms with E-state index in [1.807, 2.05) is 41.5 Å². The third-order valence-corrected chi connectivity index (χ3v) is 3.90. The molecule has 0 saturated carbocycles. The highest BCUT2D eigenvalue weighted by Gasteiger charge is 2.28. The highest BCUT2D eigenvalue weighted by Crippen LogP contribution is 2.16. The highest BCUT2D eigenvalue weighted by molar-refractivity contribution is 5.86. The molecule has 1 aromatic rings. The van der Waals surface area contributed by atoms with Gasteiger partial charge in [-0.05, 0) is 58.0 Å². The third kappa shape index (κ3) is 50.9. The van der Waals surface area contributed by atoms with Crippen LogP contribution in [-0.2, 0) is 47.6 Å². The van der Waals surface area contributed by atoms with Crippen molar-refractivity contribution in [3.8, 4) is 30.3 Å². The second kappa shape index (κ2) is 47.2. The minimum absolute atomic E-state index is 0.0563. The number of nitrogens with zero attached hydrogens (tertiary/aromatic N) is 3. The number of esters is 2. The van der Waals surface area contributed by atoms with Gasteiger partial charge in [0.25, 0.3) is 25.2 Å². The van der Waals surface area contributed by atoms with Crippen molar-refractivity contribution in [3.05, 3.63) is 73.9 Å². The molecule has 1 atom stereocenters. The first kappa shape index (κ1) is 58.3. The summed E-state index contributed by atoms with van der Waals surface area (Å²) in [6, 6.07) is 6.12. The predicted octanol–water partition coefficient (Wildman–Crippen LogP) is 6.33. The fourth-order valence-corrected chi connectivity index (χ4v) is 2.06. The van der Waals surface area contributed by atoms with Gasteiger partial charge in [0.15, 0.2) is 5.60 Å². The van der Waals surface area contributed by atoms with E-state index in [2.05, 4.69) is 40.5 Å². The van der Waals surface area contributed by atoms with Gasteiger partial charge < -0.3 is 37.9 Å². The predicted molar refractivity (Wildman–Crippen MR) is 195 cm³/mol. The van der Waals surface area contributed by atoms with E-state index in [4.69, 9.17) is 44.3 Å². The van der Waals surface area contributed by atoms with Gasteiger partial charge in [-0.25, -0.2) is 9.59 Å². The Balaban J connectivity index is -0.000000132. The minimum atomic E-state index is -0.942. The number of allylic oxidation sites excluding steroid dienone is 2. The van der Waals surface area contributed by atoms with E-state index in [0.29, 0.717) is 36.4 Å². The van der Waals surface area contributed by atoms with Crippen molar-refractivity contribution in [1.82, 2.24) is 0 Å². The normalized spacial score (nSPS) is 9.04. The smallest absolute Gasteiger partial charge is 0.333 e. The first-order valence-electron chi connectivity index (χ1n) is 15.5. The summed E-state index contributed by atoms with van der Waals surface area (Å²) in [7, 11) is 1.47. The van der Waals surface area contributed by atoms with Gasteiger partial charge in [0.05, 0.1) is 19.8 Å². The molecule has 52 heavy (non-hydrogen) atoms. The summed E-state index contributed by atoms with van der Waals surface area (Å²) in [5, 5.41) is 24.5. The first-order chi connectivity index (χ1) is 24.8. The van der Waals surface area contributed by atoms with Crippen molar-refractivity contribution in [3.63, 3.8) is 0 Å². The standard InChI is InChI=1S/2C9H13NO4.C8H5NO3.C4H8.C3H4O.2C2H6/c1-8(2)9(11)14-6-5-12-3-4-13-7-10;1-4-8(11)13-6-9(2,5-12-3)14-7-10;9-5-11-7-1-3-8(4-2-7)12-6-10;1-4(2)3;1-2-3-4;2*1-2/h1,3-6H2,2H3;4H,1,5-6H2,2-3H3;1-4,6H;1H2,2-3H3;2-3H,1H2;2*1-2H3. The molecule has 1 aromatic carbocycles. The van der Waals surface area contributed by atoms with Crippen molar-refractivity contribution < 1.29 is 57.1 Å². The van der Waals surface area contributed by atoms with E-state index in [1.165, 1.54) is 61.8 Å². The van der Waals surface area contributed by atoms with E-state index in [0.717, 1.165) is 6.08 Å². The average molecular weight is 734 g/mol. The molecule has 0 N–H and O–H groups in total. The number of rotatable bonds is 17. The lowest BCUT2D eigenvalue weighted by Crippen LogP contribution is -2.38. The minimum Gasteiger partial charge on any atom is -0.460 e. The zero-order valence-corrected chi connectivity index (χ0v) is 31.9. The number of carbonyl (C=O) groups excluding carboxylic acids is 4. The van der Waals surface area contributed by atoms with Gasteiger partial charge in [-0.15, -0.1) is 11.8 Å². The molecule has 1 rings (SSSR count). The molecule has 290 valence electrons. The second-order valence-electron chi connectivity index (χ2n) is 8.81. The molecule has 15 heteroatoms. The average Bonchev–Trinajstić information content (AvgIpc) is 3.13. The van der Waals surface area contributed by atoms with Crippen molar-refractivity contribution in [2.75, 3.05) is 46.8 Å². The van der Waals surface area contributed by atoms with Crippen molar-refractivity contribution in [1.29, 1.82) is 15.8 Å². The Morgan fingerprint density at radius 3 is 1.69 bits per heavy atom.